The molecule has 0 heterocycles. The van der Waals surface area contributed by atoms with Gasteiger partial charge in [0.1, 0.15) is 6.10 Å². The van der Waals surface area contributed by atoms with Crippen LogP contribution in [0.5, 0.6) is 0 Å². The molecular formula is C19H19Cl2NO6S. The molecule has 1 unspecified atom stereocenters. The molecule has 2 amide bonds. The summed E-state index contributed by atoms with van der Waals surface area (Å²) in [7, 11) is 1.08. The van der Waals surface area contributed by atoms with E-state index < -0.39 is 43.0 Å². The van der Waals surface area contributed by atoms with Crippen LogP contribution in [0.3, 0.4) is 0 Å². The largest absolute Gasteiger partial charge is 0.445 e. The van der Waals surface area contributed by atoms with E-state index in [0.29, 0.717) is 0 Å². The minimum atomic E-state index is -4.24. The molecule has 1 N–H and O–H groups in total. The average Bonchev–Trinajstić information content (AvgIpc) is 2.60. The summed E-state index contributed by atoms with van der Waals surface area (Å²) in [5, 5.41) is 1.97. The van der Waals surface area contributed by atoms with Crippen LogP contribution in [0.15, 0.2) is 53.4 Å². The number of halogens is 2. The van der Waals surface area contributed by atoms with E-state index in [1.807, 2.05) is 56.4 Å². The molecule has 2 rings (SSSR count). The highest BCUT2D eigenvalue weighted by Gasteiger charge is 2.30. The number of imide groups is 1. The number of hydrogen-bond acceptors (Lipinski definition) is 6. The molecule has 7 nitrogen and oxygen atoms in total. The Kier molecular flexibility index (Phi) is 7.29. The van der Waals surface area contributed by atoms with Crippen LogP contribution in [-0.2, 0) is 18.8 Å². The first kappa shape index (κ1) is 23.2. The topological polar surface area (TPSA) is 98.8 Å². The molecule has 0 saturated heterocycles. The van der Waals surface area contributed by atoms with E-state index in [1.165, 1.54) is 6.07 Å². The monoisotopic (exact) mass is 459 g/mol. The third-order valence-electron chi connectivity index (χ3n) is 3.77. The maximum Gasteiger partial charge on any atom is 0.445 e. The van der Waals surface area contributed by atoms with E-state index in [2.05, 4.69) is 0 Å². The molecule has 0 aliphatic rings. The van der Waals surface area contributed by atoms with Crippen LogP contribution in [0.2, 0.25) is 5.02 Å². The van der Waals surface area contributed by atoms with Crippen molar-refractivity contribution < 1.29 is 27.8 Å². The zero-order valence-electron chi connectivity index (χ0n) is 15.8. The molecule has 0 aromatic heterocycles. The second-order valence-electron chi connectivity index (χ2n) is 7.16. The Hall–Kier alpha value is -2.13. The van der Waals surface area contributed by atoms with Gasteiger partial charge in [-0.05, 0) is 29.2 Å². The number of carbonyl (C=O) groups excluding carboxylic acids is 2. The number of amides is 2. The summed E-state index contributed by atoms with van der Waals surface area (Å²) in [5.74, 6) is -1.06. The maximum absolute atomic E-state index is 12.3. The molecule has 2 aromatic rings. The fourth-order valence-corrected chi connectivity index (χ4v) is 3.71. The van der Waals surface area contributed by atoms with Crippen LogP contribution in [0.25, 0.3) is 0 Å². The summed E-state index contributed by atoms with van der Waals surface area (Å²) in [4.78, 5) is 33.9. The molecule has 0 fully saturated rings. The first-order chi connectivity index (χ1) is 13.4. The summed E-state index contributed by atoms with van der Waals surface area (Å²) in [6, 6.07) is 12.5. The Balaban J connectivity index is 2.13. The van der Waals surface area contributed by atoms with Crippen LogP contribution in [0, 0.1) is 5.41 Å². The van der Waals surface area contributed by atoms with Gasteiger partial charge in [0.25, 0.3) is 15.0 Å². The number of benzene rings is 2. The molecule has 0 spiro atoms. The summed E-state index contributed by atoms with van der Waals surface area (Å²) in [6.45, 7) is 5.67. The fraction of sp³-hybridized carbons (Fsp3) is 0.263. The third kappa shape index (κ3) is 6.43. The van der Waals surface area contributed by atoms with Crippen LogP contribution in [-0.4, -0.2) is 20.4 Å². The summed E-state index contributed by atoms with van der Waals surface area (Å²) in [5.41, 5.74) is -0.0669. The highest BCUT2D eigenvalue weighted by atomic mass is 35.7. The molecule has 10 heteroatoms. The summed E-state index contributed by atoms with van der Waals surface area (Å²) < 4.78 is 23.3. The molecule has 29 heavy (non-hydrogen) atoms. The highest BCUT2D eigenvalue weighted by Crippen LogP contribution is 2.36. The van der Waals surface area contributed by atoms with Crippen molar-refractivity contribution in [2.24, 2.45) is 5.41 Å². The minimum Gasteiger partial charge on any atom is -0.274 e. The molecule has 2 aromatic carbocycles. The van der Waals surface area contributed by atoms with E-state index in [-0.39, 0.29) is 5.02 Å². The summed E-state index contributed by atoms with van der Waals surface area (Å²) in [6.07, 6.45) is -1.84. The smallest absolute Gasteiger partial charge is 0.274 e. The first-order valence-corrected chi connectivity index (χ1v) is 11.1. The Labute approximate surface area is 178 Å². The van der Waals surface area contributed by atoms with Crippen LogP contribution in [0.1, 0.15) is 42.8 Å². The van der Waals surface area contributed by atoms with Crippen molar-refractivity contribution in [2.75, 3.05) is 0 Å². The predicted octanol–water partition coefficient (Wildman–Crippen LogP) is 4.85. The van der Waals surface area contributed by atoms with Gasteiger partial charge in [-0.1, -0.05) is 62.7 Å². The lowest BCUT2D eigenvalue weighted by Crippen LogP contribution is -2.33. The lowest BCUT2D eigenvalue weighted by Gasteiger charge is -2.28. The summed E-state index contributed by atoms with van der Waals surface area (Å²) >= 11 is 5.81. The standard InChI is InChI=1S/C19H19Cl2NO6S/c1-19(2,3)16(12-7-5-4-6-8-12)27-28-18(24)22-17(23)14-11-13(20)9-10-15(14)29(21,25)26/h4-11,16H,1-3H3,(H,22,23,24). The molecule has 0 aliphatic carbocycles. The van der Waals surface area contributed by atoms with Gasteiger partial charge in [-0.2, -0.15) is 4.89 Å². The van der Waals surface area contributed by atoms with Gasteiger partial charge in [0.2, 0.25) is 0 Å². The SMILES string of the molecule is CC(C)(C)C(OOC(=O)NC(=O)c1cc(Cl)ccc1S(=O)(=O)Cl)c1ccccc1. The second kappa shape index (κ2) is 9.13. The van der Waals surface area contributed by atoms with Crippen molar-refractivity contribution in [3.8, 4) is 0 Å². The lowest BCUT2D eigenvalue weighted by atomic mass is 9.85. The number of carbonyl (C=O) groups is 2. The minimum absolute atomic E-state index is 0.0840. The van der Waals surface area contributed by atoms with Gasteiger partial charge in [0, 0.05) is 15.7 Å². The molecule has 156 valence electrons. The Morgan fingerprint density at radius 2 is 1.69 bits per heavy atom. The maximum atomic E-state index is 12.3. The van der Waals surface area contributed by atoms with Gasteiger partial charge in [-0.3, -0.25) is 15.0 Å². The normalized spacial score (nSPS) is 12.9. The van der Waals surface area contributed by atoms with Crippen molar-refractivity contribution >= 4 is 43.3 Å². The Bertz CT molecular complexity index is 1000. The zero-order valence-corrected chi connectivity index (χ0v) is 18.1. The van der Waals surface area contributed by atoms with Gasteiger partial charge >= 0.3 is 6.09 Å². The van der Waals surface area contributed by atoms with Gasteiger partial charge in [0.15, 0.2) is 0 Å². The highest BCUT2D eigenvalue weighted by molar-refractivity contribution is 8.13. The molecule has 0 aliphatic heterocycles. The van der Waals surface area contributed by atoms with E-state index in [4.69, 9.17) is 32.1 Å². The Morgan fingerprint density at radius 1 is 1.07 bits per heavy atom. The van der Waals surface area contributed by atoms with Gasteiger partial charge in [-0.15, -0.1) is 0 Å². The van der Waals surface area contributed by atoms with Crippen molar-refractivity contribution in [2.45, 2.75) is 31.8 Å². The van der Waals surface area contributed by atoms with Crippen LogP contribution in [0.4, 0.5) is 4.79 Å². The van der Waals surface area contributed by atoms with Crippen molar-refractivity contribution in [1.29, 1.82) is 0 Å². The van der Waals surface area contributed by atoms with E-state index in [0.717, 1.165) is 17.7 Å². The van der Waals surface area contributed by atoms with Crippen molar-refractivity contribution in [3.63, 3.8) is 0 Å². The second-order valence-corrected chi connectivity index (χ2v) is 10.1. The van der Waals surface area contributed by atoms with Crippen LogP contribution < -0.4 is 5.32 Å². The lowest BCUT2D eigenvalue weighted by molar-refractivity contribution is -0.296. The molecular weight excluding hydrogens is 441 g/mol. The number of nitrogens with one attached hydrogen (secondary N) is 1. The predicted molar refractivity (Wildman–Crippen MR) is 108 cm³/mol. The molecule has 0 saturated carbocycles. The third-order valence-corrected chi connectivity index (χ3v) is 5.39. The van der Waals surface area contributed by atoms with E-state index in [9.17, 15) is 18.0 Å². The average molecular weight is 460 g/mol. The first-order valence-electron chi connectivity index (χ1n) is 8.37. The molecule has 1 atom stereocenters. The van der Waals surface area contributed by atoms with Gasteiger partial charge in [0.05, 0.1) is 10.5 Å². The number of hydrogen-bond donors (Lipinski definition) is 1. The fourth-order valence-electron chi connectivity index (χ4n) is 2.49. The van der Waals surface area contributed by atoms with Crippen molar-refractivity contribution in [1.82, 2.24) is 5.32 Å². The van der Waals surface area contributed by atoms with Crippen LogP contribution >= 0.6 is 22.3 Å². The van der Waals surface area contributed by atoms with E-state index in [1.54, 1.807) is 0 Å². The van der Waals surface area contributed by atoms with Gasteiger partial charge < -0.3 is 0 Å². The van der Waals surface area contributed by atoms with E-state index >= 15 is 0 Å². The quantitative estimate of drug-likeness (QED) is 0.389. The number of rotatable bonds is 5. The van der Waals surface area contributed by atoms with Gasteiger partial charge in [-0.25, -0.2) is 13.2 Å². The molecule has 0 radical (unpaired) electrons. The zero-order chi connectivity index (χ0) is 21.8. The van der Waals surface area contributed by atoms with Crippen molar-refractivity contribution in [3.05, 3.63) is 64.7 Å². The molecule has 0 bridgehead atoms. The Morgan fingerprint density at radius 3 is 2.24 bits per heavy atom.